The van der Waals surface area contributed by atoms with Crippen molar-refractivity contribution in [1.82, 2.24) is 5.32 Å². The molecule has 0 heterocycles. The molecule has 0 aromatic heterocycles. The highest BCUT2D eigenvalue weighted by atomic mass is 16.5. The summed E-state index contributed by atoms with van der Waals surface area (Å²) in [6.45, 7) is 2.24. The lowest BCUT2D eigenvalue weighted by Crippen LogP contribution is -2.27. The van der Waals surface area contributed by atoms with Gasteiger partial charge in [0.1, 0.15) is 5.75 Å². The van der Waals surface area contributed by atoms with Gasteiger partial charge in [-0.2, -0.15) is 0 Å². The van der Waals surface area contributed by atoms with Gasteiger partial charge < -0.3 is 10.1 Å². The summed E-state index contributed by atoms with van der Waals surface area (Å²) in [6, 6.07) is 17.9. The summed E-state index contributed by atoms with van der Waals surface area (Å²) in [6.07, 6.45) is 3.62. The van der Waals surface area contributed by atoms with Crippen LogP contribution in [0.25, 0.3) is 0 Å². The van der Waals surface area contributed by atoms with Gasteiger partial charge in [0.25, 0.3) is 0 Å². The van der Waals surface area contributed by atoms with E-state index < -0.39 is 0 Å². The van der Waals surface area contributed by atoms with E-state index in [4.69, 9.17) is 4.74 Å². The average Bonchev–Trinajstić information content (AvgIpc) is 2.55. The minimum absolute atomic E-state index is 0.355. The minimum atomic E-state index is 0.355. The number of aryl methyl sites for hydroxylation is 1. The lowest BCUT2D eigenvalue weighted by atomic mass is 9.87. The topological polar surface area (TPSA) is 21.3 Å². The summed E-state index contributed by atoms with van der Waals surface area (Å²) in [5.74, 6) is 0.954. The van der Waals surface area contributed by atoms with E-state index in [0.717, 1.165) is 5.75 Å². The molecular weight excluding hydrogens is 258 g/mol. The van der Waals surface area contributed by atoms with Gasteiger partial charge in [-0.25, -0.2) is 0 Å². The largest absolute Gasteiger partial charge is 0.497 e. The molecule has 1 aliphatic carbocycles. The number of methoxy groups -OCH3 is 1. The number of hydrogen-bond acceptors (Lipinski definition) is 2. The van der Waals surface area contributed by atoms with E-state index in [1.165, 1.54) is 36.0 Å². The van der Waals surface area contributed by atoms with Gasteiger partial charge in [0, 0.05) is 12.1 Å². The van der Waals surface area contributed by atoms with Gasteiger partial charge >= 0.3 is 0 Å². The molecule has 0 saturated carbocycles. The van der Waals surface area contributed by atoms with Crippen LogP contribution in [-0.2, 0) is 6.42 Å². The molecule has 0 bridgehead atoms. The van der Waals surface area contributed by atoms with Gasteiger partial charge in [0.15, 0.2) is 0 Å². The Balaban J connectivity index is 1.81. The summed E-state index contributed by atoms with van der Waals surface area (Å²) in [5.41, 5.74) is 4.20. The van der Waals surface area contributed by atoms with Crippen LogP contribution in [0.3, 0.4) is 0 Å². The molecule has 0 radical (unpaired) electrons. The standard InChI is InChI=1S/C19H23NO/c1-14(15-7-4-3-5-8-15)20-19-10-6-9-16-11-12-17(21-2)13-18(16)19/h3-5,7-8,11-14,19-20H,6,9-10H2,1-2H3/t14-,19?/m1/s1. The molecular formula is C19H23NO. The van der Waals surface area contributed by atoms with Crippen LogP contribution in [0.1, 0.15) is 48.5 Å². The van der Waals surface area contributed by atoms with Crippen LogP contribution in [0, 0.1) is 0 Å². The van der Waals surface area contributed by atoms with E-state index in [-0.39, 0.29) is 0 Å². The molecule has 2 nitrogen and oxygen atoms in total. The number of ether oxygens (including phenoxy) is 1. The van der Waals surface area contributed by atoms with Gasteiger partial charge in [0.05, 0.1) is 7.11 Å². The highest BCUT2D eigenvalue weighted by molar-refractivity contribution is 5.39. The third-order valence-electron chi connectivity index (χ3n) is 4.42. The molecule has 2 aromatic rings. The van der Waals surface area contributed by atoms with Crippen LogP contribution < -0.4 is 10.1 Å². The van der Waals surface area contributed by atoms with Gasteiger partial charge in [-0.1, -0.05) is 36.4 Å². The molecule has 2 atom stereocenters. The first-order valence-corrected chi connectivity index (χ1v) is 7.75. The third-order valence-corrected chi connectivity index (χ3v) is 4.42. The summed E-state index contributed by atoms with van der Waals surface area (Å²) >= 11 is 0. The van der Waals surface area contributed by atoms with Crippen molar-refractivity contribution in [3.05, 3.63) is 65.2 Å². The molecule has 2 aromatic carbocycles. The Kier molecular flexibility index (Phi) is 4.26. The zero-order valence-electron chi connectivity index (χ0n) is 12.8. The Bertz CT molecular complexity index is 594. The van der Waals surface area contributed by atoms with Crippen LogP contribution in [0.5, 0.6) is 5.75 Å². The quantitative estimate of drug-likeness (QED) is 0.895. The monoisotopic (exact) mass is 281 g/mol. The van der Waals surface area contributed by atoms with Crippen molar-refractivity contribution in [3.8, 4) is 5.75 Å². The predicted octanol–water partition coefficient (Wildman–Crippen LogP) is 4.42. The SMILES string of the molecule is COc1ccc2c(c1)C(N[C@H](C)c1ccccc1)CCC2. The van der Waals surface area contributed by atoms with Crippen LogP contribution in [0.4, 0.5) is 0 Å². The Morgan fingerprint density at radius 2 is 1.95 bits per heavy atom. The summed E-state index contributed by atoms with van der Waals surface area (Å²) in [5, 5.41) is 3.79. The second-order valence-electron chi connectivity index (χ2n) is 5.81. The smallest absolute Gasteiger partial charge is 0.119 e. The fraction of sp³-hybridized carbons (Fsp3) is 0.368. The Morgan fingerprint density at radius 1 is 1.14 bits per heavy atom. The number of rotatable bonds is 4. The first-order chi connectivity index (χ1) is 10.3. The van der Waals surface area contributed by atoms with Crippen molar-refractivity contribution < 1.29 is 4.74 Å². The molecule has 110 valence electrons. The van der Waals surface area contributed by atoms with Crippen LogP contribution in [-0.4, -0.2) is 7.11 Å². The molecule has 0 fully saturated rings. The molecule has 1 N–H and O–H groups in total. The van der Waals surface area contributed by atoms with E-state index in [9.17, 15) is 0 Å². The normalized spacial score (nSPS) is 18.9. The van der Waals surface area contributed by atoms with Crippen molar-refractivity contribution >= 4 is 0 Å². The van der Waals surface area contributed by atoms with E-state index >= 15 is 0 Å². The predicted molar refractivity (Wildman–Crippen MR) is 86.7 cm³/mol. The van der Waals surface area contributed by atoms with Crippen molar-refractivity contribution in [1.29, 1.82) is 0 Å². The van der Waals surface area contributed by atoms with Gasteiger partial charge in [-0.05, 0) is 55.0 Å². The van der Waals surface area contributed by atoms with E-state index in [0.29, 0.717) is 12.1 Å². The van der Waals surface area contributed by atoms with Crippen LogP contribution >= 0.6 is 0 Å². The lowest BCUT2D eigenvalue weighted by Gasteiger charge is -2.30. The second kappa shape index (κ2) is 6.31. The zero-order chi connectivity index (χ0) is 14.7. The van der Waals surface area contributed by atoms with E-state index in [1.807, 2.05) is 0 Å². The maximum absolute atomic E-state index is 5.39. The van der Waals surface area contributed by atoms with Crippen molar-refractivity contribution in [2.24, 2.45) is 0 Å². The highest BCUT2D eigenvalue weighted by Gasteiger charge is 2.22. The Labute approximate surface area is 127 Å². The second-order valence-corrected chi connectivity index (χ2v) is 5.81. The molecule has 1 aliphatic rings. The molecule has 0 aliphatic heterocycles. The maximum atomic E-state index is 5.39. The molecule has 21 heavy (non-hydrogen) atoms. The van der Waals surface area contributed by atoms with Crippen LogP contribution in [0.15, 0.2) is 48.5 Å². The Hall–Kier alpha value is -1.80. The first-order valence-electron chi connectivity index (χ1n) is 7.75. The third kappa shape index (κ3) is 3.11. The number of fused-ring (bicyclic) bond motifs is 1. The average molecular weight is 281 g/mol. The number of nitrogens with one attached hydrogen (secondary N) is 1. The highest BCUT2D eigenvalue weighted by Crippen LogP contribution is 2.34. The number of hydrogen-bond donors (Lipinski definition) is 1. The van der Waals surface area contributed by atoms with Gasteiger partial charge in [-0.15, -0.1) is 0 Å². The molecule has 3 rings (SSSR count). The van der Waals surface area contributed by atoms with Gasteiger partial charge in [-0.3, -0.25) is 0 Å². The maximum Gasteiger partial charge on any atom is 0.119 e. The Morgan fingerprint density at radius 3 is 2.71 bits per heavy atom. The van der Waals surface area contributed by atoms with Crippen LogP contribution in [0.2, 0.25) is 0 Å². The summed E-state index contributed by atoms with van der Waals surface area (Å²) in [4.78, 5) is 0. The van der Waals surface area contributed by atoms with E-state index in [1.54, 1.807) is 7.11 Å². The van der Waals surface area contributed by atoms with Crippen molar-refractivity contribution in [3.63, 3.8) is 0 Å². The molecule has 0 spiro atoms. The first kappa shape index (κ1) is 14.2. The fourth-order valence-electron chi connectivity index (χ4n) is 3.22. The van der Waals surface area contributed by atoms with E-state index in [2.05, 4.69) is 60.8 Å². The summed E-state index contributed by atoms with van der Waals surface area (Å²) in [7, 11) is 1.74. The van der Waals surface area contributed by atoms with Crippen molar-refractivity contribution in [2.75, 3.05) is 7.11 Å². The number of benzene rings is 2. The molecule has 0 saturated heterocycles. The van der Waals surface area contributed by atoms with Crippen molar-refractivity contribution in [2.45, 2.75) is 38.3 Å². The fourth-order valence-corrected chi connectivity index (χ4v) is 3.22. The zero-order valence-corrected chi connectivity index (χ0v) is 12.8. The molecule has 2 heteroatoms. The lowest BCUT2D eigenvalue weighted by molar-refractivity contribution is 0.399. The van der Waals surface area contributed by atoms with Gasteiger partial charge in [0.2, 0.25) is 0 Å². The molecule has 0 amide bonds. The summed E-state index contributed by atoms with van der Waals surface area (Å²) < 4.78 is 5.39. The molecule has 1 unspecified atom stereocenters. The minimum Gasteiger partial charge on any atom is -0.497 e.